The molecular weight excluding hydrogens is 69.8 g/mol. The monoisotopic (exact) mass is 72.0 g/mol. The zero-order valence-electron chi connectivity index (χ0n) is 2.48. The fourth-order valence-corrected chi connectivity index (χ4v) is 0. The molecule has 0 bridgehead atoms. The first-order valence-corrected chi connectivity index (χ1v) is 1.02. The molecule has 0 aliphatic heterocycles. The highest BCUT2D eigenvalue weighted by Crippen LogP contribution is 1.79. The molecule has 0 amide bonds. The molecule has 0 aromatic heterocycles. The zero-order valence-corrected chi connectivity index (χ0v) is 2.48. The summed E-state index contributed by atoms with van der Waals surface area (Å²) in [7, 11) is 4.24. The van der Waals surface area contributed by atoms with Crippen molar-refractivity contribution >= 4 is 7.85 Å². The van der Waals surface area contributed by atoms with Gasteiger partial charge in [0.15, 0.2) is 7.85 Å². The lowest BCUT2D eigenvalue weighted by Gasteiger charge is -1.68. The minimum absolute atomic E-state index is 0.194. The fraction of sp³-hybridized carbons (Fsp3) is 0. The largest absolute Gasteiger partial charge is 0.514 e. The van der Waals surface area contributed by atoms with Crippen LogP contribution in [0.4, 0.5) is 4.39 Å². The van der Waals surface area contributed by atoms with E-state index >= 15 is 0 Å². The predicted molar refractivity (Wildman–Crippen MR) is 17.6 cm³/mol. The van der Waals surface area contributed by atoms with Gasteiger partial charge in [-0.1, -0.05) is 0 Å². The number of aliphatic hydroxyl groups excluding tert-OH is 1. The van der Waals surface area contributed by atoms with Gasteiger partial charge in [-0.25, -0.2) is 4.39 Å². The van der Waals surface area contributed by atoms with E-state index in [1.807, 2.05) is 0 Å². The molecule has 1 N–H and O–H groups in total. The SMILES string of the molecule is [B]/C(F)=C/O. The maximum Gasteiger partial charge on any atom is 0.161 e. The van der Waals surface area contributed by atoms with Gasteiger partial charge >= 0.3 is 0 Å². The second-order valence-electron chi connectivity index (χ2n) is 0.514. The second kappa shape index (κ2) is 1.82. The lowest BCUT2D eigenvalue weighted by Crippen LogP contribution is -1.62. The molecule has 0 fully saturated rings. The van der Waals surface area contributed by atoms with Crippen LogP contribution in [0.3, 0.4) is 0 Å². The molecular formula is C2H2BFO. The Morgan fingerprint density at radius 1 is 2.00 bits per heavy atom. The highest BCUT2D eigenvalue weighted by Gasteiger charge is 1.69. The Bertz CT molecular complexity index is 47.6. The van der Waals surface area contributed by atoms with Crippen LogP contribution >= 0.6 is 0 Å². The number of halogens is 1. The van der Waals surface area contributed by atoms with Crippen molar-refractivity contribution in [3.8, 4) is 0 Å². The van der Waals surface area contributed by atoms with E-state index in [1.165, 1.54) is 0 Å². The van der Waals surface area contributed by atoms with Crippen molar-refractivity contribution in [2.45, 2.75) is 0 Å². The third-order valence-corrected chi connectivity index (χ3v) is 0.123. The van der Waals surface area contributed by atoms with Crippen LogP contribution in [0.25, 0.3) is 0 Å². The summed E-state index contributed by atoms with van der Waals surface area (Å²) >= 11 is 0. The van der Waals surface area contributed by atoms with Crippen LogP contribution < -0.4 is 0 Å². The summed E-state index contributed by atoms with van der Waals surface area (Å²) in [5, 5.41) is 7.48. The van der Waals surface area contributed by atoms with E-state index < -0.39 is 5.73 Å². The van der Waals surface area contributed by atoms with Crippen LogP contribution in [0, 0.1) is 0 Å². The van der Waals surface area contributed by atoms with Crippen molar-refractivity contribution < 1.29 is 9.50 Å². The van der Waals surface area contributed by atoms with Crippen molar-refractivity contribution in [1.29, 1.82) is 0 Å². The van der Waals surface area contributed by atoms with E-state index in [4.69, 9.17) is 5.11 Å². The van der Waals surface area contributed by atoms with Crippen LogP contribution in [0.2, 0.25) is 0 Å². The first-order chi connectivity index (χ1) is 2.27. The minimum Gasteiger partial charge on any atom is -0.514 e. The Hall–Kier alpha value is -0.465. The van der Waals surface area contributed by atoms with Crippen LogP contribution in [0.1, 0.15) is 0 Å². The summed E-state index contributed by atoms with van der Waals surface area (Å²) < 4.78 is 10.8. The summed E-state index contributed by atoms with van der Waals surface area (Å²) in [4.78, 5) is 0. The molecule has 0 aliphatic rings. The number of hydrogen-bond acceptors (Lipinski definition) is 1. The van der Waals surface area contributed by atoms with E-state index in [2.05, 4.69) is 7.85 Å². The zero-order chi connectivity index (χ0) is 4.28. The van der Waals surface area contributed by atoms with Gasteiger partial charge in [0.2, 0.25) is 0 Å². The van der Waals surface area contributed by atoms with Crippen molar-refractivity contribution in [2.75, 3.05) is 0 Å². The topological polar surface area (TPSA) is 20.2 Å². The second-order valence-corrected chi connectivity index (χ2v) is 0.514. The van der Waals surface area contributed by atoms with Gasteiger partial charge in [-0.15, -0.1) is 0 Å². The summed E-state index contributed by atoms with van der Waals surface area (Å²) in [5.74, 6) is 0. The van der Waals surface area contributed by atoms with Crippen molar-refractivity contribution in [3.05, 3.63) is 12.0 Å². The van der Waals surface area contributed by atoms with Crippen molar-refractivity contribution in [3.63, 3.8) is 0 Å². The van der Waals surface area contributed by atoms with Gasteiger partial charge in [0.25, 0.3) is 0 Å². The number of hydrogen-bond donors (Lipinski definition) is 1. The molecule has 0 aliphatic carbocycles. The molecule has 0 saturated heterocycles. The van der Waals surface area contributed by atoms with Crippen LogP contribution in [-0.4, -0.2) is 13.0 Å². The highest BCUT2D eigenvalue weighted by atomic mass is 19.1. The molecule has 0 saturated carbocycles. The molecule has 0 heterocycles. The molecule has 0 aromatic rings. The van der Waals surface area contributed by atoms with E-state index in [0.717, 1.165) is 0 Å². The maximum atomic E-state index is 10.8. The smallest absolute Gasteiger partial charge is 0.161 e. The Balaban J connectivity index is 3.14. The van der Waals surface area contributed by atoms with E-state index in [1.54, 1.807) is 0 Å². The Morgan fingerprint density at radius 3 is 2.20 bits per heavy atom. The molecule has 0 unspecified atom stereocenters. The first-order valence-electron chi connectivity index (χ1n) is 1.02. The molecule has 3 heteroatoms. The van der Waals surface area contributed by atoms with Gasteiger partial charge in [-0.2, -0.15) is 0 Å². The van der Waals surface area contributed by atoms with Gasteiger partial charge in [0.1, 0.15) is 0 Å². The molecule has 0 spiro atoms. The Morgan fingerprint density at radius 2 is 2.20 bits per heavy atom. The molecule has 1 nitrogen and oxygen atoms in total. The summed E-state index contributed by atoms with van der Waals surface area (Å²) in [6.45, 7) is 0. The Kier molecular flexibility index (Phi) is 1.65. The van der Waals surface area contributed by atoms with Crippen LogP contribution in [-0.2, 0) is 0 Å². The quantitative estimate of drug-likeness (QED) is 0.326. The van der Waals surface area contributed by atoms with Gasteiger partial charge in [0, 0.05) is 0 Å². The third kappa shape index (κ3) is 3.53. The first kappa shape index (κ1) is 4.53. The fourth-order valence-electron chi connectivity index (χ4n) is 0. The van der Waals surface area contributed by atoms with Crippen LogP contribution in [0.5, 0.6) is 0 Å². The van der Waals surface area contributed by atoms with Gasteiger partial charge in [-0.3, -0.25) is 0 Å². The lowest BCUT2D eigenvalue weighted by atomic mass is 10.1. The van der Waals surface area contributed by atoms with Crippen LogP contribution in [0.15, 0.2) is 12.0 Å². The van der Waals surface area contributed by atoms with Gasteiger partial charge in [0.05, 0.1) is 12.0 Å². The molecule has 0 rings (SSSR count). The maximum absolute atomic E-state index is 10.8. The van der Waals surface area contributed by atoms with Crippen molar-refractivity contribution in [1.82, 2.24) is 0 Å². The van der Waals surface area contributed by atoms with E-state index in [9.17, 15) is 4.39 Å². The highest BCUT2D eigenvalue weighted by molar-refractivity contribution is 6.19. The Labute approximate surface area is 30.5 Å². The minimum atomic E-state index is -1.06. The molecule has 26 valence electrons. The average Bonchev–Trinajstić information content (AvgIpc) is 1.38. The normalized spacial score (nSPS) is 11.8. The molecule has 2 radical (unpaired) electrons. The standard InChI is InChI=1S/C2H2BFO/c3-2(4)1-5/h1,5H/b2-1-. The third-order valence-electron chi connectivity index (χ3n) is 0.123. The molecule has 5 heavy (non-hydrogen) atoms. The number of rotatable bonds is 0. The van der Waals surface area contributed by atoms with E-state index in [-0.39, 0.29) is 6.26 Å². The number of aliphatic hydroxyl groups is 1. The predicted octanol–water partition coefficient (Wildman–Crippen LogP) is 0.481. The molecule has 0 aromatic carbocycles. The summed E-state index contributed by atoms with van der Waals surface area (Å²) in [6, 6.07) is 0. The molecule has 0 atom stereocenters. The van der Waals surface area contributed by atoms with Gasteiger partial charge in [-0.05, 0) is 0 Å². The lowest BCUT2D eigenvalue weighted by molar-refractivity contribution is 0.452. The summed E-state index contributed by atoms with van der Waals surface area (Å²) in [6.07, 6.45) is 0.194. The average molecular weight is 71.8 g/mol. The van der Waals surface area contributed by atoms with Gasteiger partial charge < -0.3 is 5.11 Å². The van der Waals surface area contributed by atoms with Crippen molar-refractivity contribution in [2.24, 2.45) is 0 Å². The summed E-state index contributed by atoms with van der Waals surface area (Å²) in [5.41, 5.74) is -1.06. The van der Waals surface area contributed by atoms with E-state index in [0.29, 0.717) is 0 Å².